The van der Waals surface area contributed by atoms with E-state index in [1.54, 1.807) is 26.4 Å². The molecule has 0 spiro atoms. The number of hydrogen-bond acceptors (Lipinski definition) is 3. The number of ether oxygens (including phenoxy) is 2. The van der Waals surface area contributed by atoms with Crippen LogP contribution in [0, 0.1) is 0 Å². The second-order valence-corrected chi connectivity index (χ2v) is 5.50. The smallest absolute Gasteiger partial charge is 0.224 e. The summed E-state index contributed by atoms with van der Waals surface area (Å²) in [4.78, 5) is 12.0. The molecule has 0 saturated carbocycles. The Morgan fingerprint density at radius 2 is 1.74 bits per heavy atom. The predicted molar refractivity (Wildman–Crippen MR) is 91.4 cm³/mol. The van der Waals surface area contributed by atoms with Gasteiger partial charge in [0.15, 0.2) is 0 Å². The fourth-order valence-corrected chi connectivity index (χ4v) is 2.49. The molecule has 2 aromatic carbocycles. The van der Waals surface area contributed by atoms with Crippen molar-refractivity contribution in [3.05, 3.63) is 58.6 Å². The fraction of sp³-hybridized carbons (Fsp3) is 0.278. The van der Waals surface area contributed by atoms with E-state index in [9.17, 15) is 4.79 Å². The van der Waals surface area contributed by atoms with Crippen molar-refractivity contribution in [3.63, 3.8) is 0 Å². The maximum atomic E-state index is 12.0. The van der Waals surface area contributed by atoms with Gasteiger partial charge in [-0.2, -0.15) is 0 Å². The topological polar surface area (TPSA) is 47.6 Å². The van der Waals surface area contributed by atoms with Crippen molar-refractivity contribution in [2.75, 3.05) is 20.8 Å². The molecular formula is C18H20ClNO3. The lowest BCUT2D eigenvalue weighted by molar-refractivity contribution is -0.120. The molecular weight excluding hydrogens is 314 g/mol. The Labute approximate surface area is 141 Å². The van der Waals surface area contributed by atoms with E-state index in [1.165, 1.54) is 0 Å². The SMILES string of the molecule is COc1ccc(CCNC(=O)Cc2ccc(OC)c(Cl)c2)cc1. The van der Waals surface area contributed by atoms with E-state index < -0.39 is 0 Å². The number of carbonyl (C=O) groups excluding carboxylic acids is 1. The summed E-state index contributed by atoms with van der Waals surface area (Å²) in [5, 5.41) is 3.42. The van der Waals surface area contributed by atoms with Gasteiger partial charge in [0.1, 0.15) is 11.5 Å². The third-order valence-corrected chi connectivity index (χ3v) is 3.77. The first-order chi connectivity index (χ1) is 11.1. The highest BCUT2D eigenvalue weighted by atomic mass is 35.5. The number of benzene rings is 2. The molecule has 23 heavy (non-hydrogen) atoms. The van der Waals surface area contributed by atoms with Gasteiger partial charge in [0, 0.05) is 6.54 Å². The summed E-state index contributed by atoms with van der Waals surface area (Å²) in [5.41, 5.74) is 2.01. The molecule has 0 atom stereocenters. The Bertz CT molecular complexity index is 656. The van der Waals surface area contributed by atoms with Crippen molar-refractivity contribution < 1.29 is 14.3 Å². The zero-order valence-electron chi connectivity index (χ0n) is 13.3. The predicted octanol–water partition coefficient (Wildman–Crippen LogP) is 3.26. The number of rotatable bonds is 7. The maximum absolute atomic E-state index is 12.0. The molecule has 5 heteroatoms. The molecule has 1 N–H and O–H groups in total. The zero-order valence-corrected chi connectivity index (χ0v) is 14.0. The summed E-state index contributed by atoms with van der Waals surface area (Å²) in [7, 11) is 3.20. The van der Waals surface area contributed by atoms with E-state index in [0.717, 1.165) is 23.3 Å². The maximum Gasteiger partial charge on any atom is 0.224 e. The van der Waals surface area contributed by atoms with E-state index in [-0.39, 0.29) is 5.91 Å². The van der Waals surface area contributed by atoms with E-state index in [1.807, 2.05) is 30.3 Å². The quantitative estimate of drug-likeness (QED) is 0.846. The minimum absolute atomic E-state index is 0.0280. The first kappa shape index (κ1) is 17.2. The van der Waals surface area contributed by atoms with Gasteiger partial charge in [-0.15, -0.1) is 0 Å². The Morgan fingerprint density at radius 3 is 2.35 bits per heavy atom. The van der Waals surface area contributed by atoms with Crippen LogP contribution in [-0.4, -0.2) is 26.7 Å². The molecule has 0 aliphatic carbocycles. The second-order valence-electron chi connectivity index (χ2n) is 5.09. The summed E-state index contributed by atoms with van der Waals surface area (Å²) in [6, 6.07) is 13.2. The molecule has 2 rings (SSSR count). The summed E-state index contributed by atoms with van der Waals surface area (Å²) < 4.78 is 10.2. The number of halogens is 1. The number of amides is 1. The van der Waals surface area contributed by atoms with Crippen LogP contribution in [-0.2, 0) is 17.6 Å². The molecule has 0 saturated heterocycles. The van der Waals surface area contributed by atoms with Gasteiger partial charge in [0.25, 0.3) is 0 Å². The van der Waals surface area contributed by atoms with Crippen LogP contribution in [0.3, 0.4) is 0 Å². The minimum atomic E-state index is -0.0280. The first-order valence-corrected chi connectivity index (χ1v) is 7.72. The minimum Gasteiger partial charge on any atom is -0.497 e. The Kier molecular flexibility index (Phi) is 6.29. The molecule has 2 aromatic rings. The summed E-state index contributed by atoms with van der Waals surface area (Å²) in [6.45, 7) is 0.592. The fourth-order valence-electron chi connectivity index (χ4n) is 2.21. The van der Waals surface area contributed by atoms with Crippen LogP contribution >= 0.6 is 11.6 Å². The average Bonchev–Trinajstić information content (AvgIpc) is 2.55. The molecule has 1 amide bonds. The standard InChI is InChI=1S/C18H20ClNO3/c1-22-15-6-3-13(4-7-15)9-10-20-18(21)12-14-5-8-17(23-2)16(19)11-14/h3-8,11H,9-10,12H2,1-2H3,(H,20,21). The van der Waals surface area contributed by atoms with Crippen LogP contribution in [0.25, 0.3) is 0 Å². The van der Waals surface area contributed by atoms with Crippen molar-refractivity contribution >= 4 is 17.5 Å². The lowest BCUT2D eigenvalue weighted by Gasteiger charge is -2.08. The Hall–Kier alpha value is -2.20. The number of hydrogen-bond donors (Lipinski definition) is 1. The van der Waals surface area contributed by atoms with E-state index >= 15 is 0 Å². The van der Waals surface area contributed by atoms with Crippen molar-refractivity contribution in [2.24, 2.45) is 0 Å². The van der Waals surface area contributed by atoms with E-state index in [4.69, 9.17) is 21.1 Å². The summed E-state index contributed by atoms with van der Waals surface area (Å²) in [5.74, 6) is 1.41. The third kappa shape index (κ3) is 5.18. The normalized spacial score (nSPS) is 10.2. The van der Waals surface area contributed by atoms with Gasteiger partial charge in [0.05, 0.1) is 25.7 Å². The monoisotopic (exact) mass is 333 g/mol. The van der Waals surface area contributed by atoms with Crippen LogP contribution in [0.5, 0.6) is 11.5 Å². The molecule has 0 radical (unpaired) electrons. The average molecular weight is 334 g/mol. The van der Waals surface area contributed by atoms with E-state index in [0.29, 0.717) is 23.7 Å². The zero-order chi connectivity index (χ0) is 16.7. The third-order valence-electron chi connectivity index (χ3n) is 3.48. The van der Waals surface area contributed by atoms with Crippen LogP contribution in [0.2, 0.25) is 5.02 Å². The molecule has 4 nitrogen and oxygen atoms in total. The van der Waals surface area contributed by atoms with Gasteiger partial charge < -0.3 is 14.8 Å². The summed E-state index contributed by atoms with van der Waals surface area (Å²) in [6.07, 6.45) is 1.07. The Morgan fingerprint density at radius 1 is 1.04 bits per heavy atom. The highest BCUT2D eigenvalue weighted by Crippen LogP contribution is 2.25. The molecule has 0 unspecified atom stereocenters. The van der Waals surface area contributed by atoms with Crippen molar-refractivity contribution in [2.45, 2.75) is 12.8 Å². The molecule has 0 aliphatic rings. The van der Waals surface area contributed by atoms with Gasteiger partial charge >= 0.3 is 0 Å². The molecule has 0 heterocycles. The van der Waals surface area contributed by atoms with Gasteiger partial charge in [0.2, 0.25) is 5.91 Å². The van der Waals surface area contributed by atoms with Gasteiger partial charge in [-0.1, -0.05) is 29.8 Å². The largest absolute Gasteiger partial charge is 0.497 e. The number of carbonyl (C=O) groups is 1. The lowest BCUT2D eigenvalue weighted by Crippen LogP contribution is -2.27. The van der Waals surface area contributed by atoms with Gasteiger partial charge in [-0.3, -0.25) is 4.79 Å². The molecule has 0 fully saturated rings. The Balaban J connectivity index is 1.79. The molecule has 122 valence electrons. The lowest BCUT2D eigenvalue weighted by atomic mass is 10.1. The van der Waals surface area contributed by atoms with Crippen LogP contribution in [0.1, 0.15) is 11.1 Å². The van der Waals surface area contributed by atoms with E-state index in [2.05, 4.69) is 5.32 Å². The molecule has 0 aliphatic heterocycles. The van der Waals surface area contributed by atoms with Crippen LogP contribution < -0.4 is 14.8 Å². The molecule has 0 aromatic heterocycles. The summed E-state index contributed by atoms with van der Waals surface area (Å²) >= 11 is 6.06. The van der Waals surface area contributed by atoms with Crippen molar-refractivity contribution in [3.8, 4) is 11.5 Å². The highest BCUT2D eigenvalue weighted by molar-refractivity contribution is 6.32. The van der Waals surface area contributed by atoms with Crippen molar-refractivity contribution in [1.82, 2.24) is 5.32 Å². The van der Waals surface area contributed by atoms with Crippen LogP contribution in [0.4, 0.5) is 0 Å². The van der Waals surface area contributed by atoms with Gasteiger partial charge in [-0.05, 0) is 41.8 Å². The molecule has 0 bridgehead atoms. The van der Waals surface area contributed by atoms with Crippen molar-refractivity contribution in [1.29, 1.82) is 0 Å². The van der Waals surface area contributed by atoms with Gasteiger partial charge in [-0.25, -0.2) is 0 Å². The number of methoxy groups -OCH3 is 2. The first-order valence-electron chi connectivity index (χ1n) is 7.34. The van der Waals surface area contributed by atoms with Crippen LogP contribution in [0.15, 0.2) is 42.5 Å². The second kappa shape index (κ2) is 8.44. The highest BCUT2D eigenvalue weighted by Gasteiger charge is 2.06. The number of nitrogens with one attached hydrogen (secondary N) is 1.